The van der Waals surface area contributed by atoms with E-state index in [1.54, 1.807) is 19.1 Å². The molecule has 1 aromatic carbocycles. The van der Waals surface area contributed by atoms with Crippen LogP contribution in [0.5, 0.6) is 0 Å². The van der Waals surface area contributed by atoms with Gasteiger partial charge in [-0.05, 0) is 24.6 Å². The van der Waals surface area contributed by atoms with E-state index in [4.69, 9.17) is 5.73 Å². The smallest absolute Gasteiger partial charge is 0.168 e. The van der Waals surface area contributed by atoms with Crippen molar-refractivity contribution in [3.8, 4) is 0 Å². The molecule has 0 spiro atoms. The Morgan fingerprint density at radius 2 is 1.74 bits per heavy atom. The van der Waals surface area contributed by atoms with Gasteiger partial charge in [-0.1, -0.05) is 12.1 Å². The molecule has 3 N–H and O–H groups in total. The Balaban J connectivity index is 2.21. The topological polar surface area (TPSA) is 50.9 Å². The van der Waals surface area contributed by atoms with E-state index in [2.05, 4.69) is 10.3 Å². The highest BCUT2D eigenvalue weighted by molar-refractivity contribution is 5.46. The van der Waals surface area contributed by atoms with Gasteiger partial charge in [0.2, 0.25) is 0 Å². The average Bonchev–Trinajstić information content (AvgIpc) is 2.36. The van der Waals surface area contributed by atoms with Crippen LogP contribution in [-0.2, 0) is 0 Å². The van der Waals surface area contributed by atoms with Crippen LogP contribution in [0.1, 0.15) is 18.5 Å². The Hall–Kier alpha value is -2.24. The van der Waals surface area contributed by atoms with Crippen molar-refractivity contribution < 1.29 is 13.2 Å². The minimum atomic E-state index is -0.905. The Kier molecular flexibility index (Phi) is 3.59. The fraction of sp³-hybridized carbons (Fsp3) is 0.154. The van der Waals surface area contributed by atoms with Gasteiger partial charge in [-0.25, -0.2) is 18.2 Å². The van der Waals surface area contributed by atoms with Gasteiger partial charge in [0.05, 0.1) is 6.04 Å². The summed E-state index contributed by atoms with van der Waals surface area (Å²) in [5, 5.41) is 2.76. The van der Waals surface area contributed by atoms with Gasteiger partial charge in [0, 0.05) is 6.07 Å². The zero-order chi connectivity index (χ0) is 14.0. The first-order valence-electron chi connectivity index (χ1n) is 5.61. The Bertz CT molecular complexity index is 584. The summed E-state index contributed by atoms with van der Waals surface area (Å²) >= 11 is 0. The second-order valence-electron chi connectivity index (χ2n) is 4.10. The predicted octanol–water partition coefficient (Wildman–Crippen LogP) is 3.25. The molecule has 0 saturated heterocycles. The molecule has 2 aromatic rings. The molecule has 2 rings (SSSR count). The monoisotopic (exact) mass is 267 g/mol. The van der Waals surface area contributed by atoms with Crippen LogP contribution in [0.4, 0.5) is 24.8 Å². The lowest BCUT2D eigenvalue weighted by molar-refractivity contribution is 0.578. The van der Waals surface area contributed by atoms with Crippen molar-refractivity contribution in [1.29, 1.82) is 0 Å². The van der Waals surface area contributed by atoms with Crippen LogP contribution in [0, 0.1) is 17.5 Å². The molecule has 0 amide bonds. The van der Waals surface area contributed by atoms with E-state index in [0.717, 1.165) is 5.56 Å². The molecule has 1 aromatic heterocycles. The van der Waals surface area contributed by atoms with Crippen molar-refractivity contribution in [2.45, 2.75) is 13.0 Å². The molecule has 0 aliphatic rings. The van der Waals surface area contributed by atoms with Gasteiger partial charge < -0.3 is 11.1 Å². The predicted molar refractivity (Wildman–Crippen MR) is 67.0 cm³/mol. The molecular formula is C13H12F3N3. The first-order chi connectivity index (χ1) is 8.97. The number of anilines is 2. The zero-order valence-corrected chi connectivity index (χ0v) is 10.1. The number of hydrogen-bond acceptors (Lipinski definition) is 3. The first-order valence-corrected chi connectivity index (χ1v) is 5.61. The normalized spacial score (nSPS) is 12.2. The van der Waals surface area contributed by atoms with E-state index in [-0.39, 0.29) is 23.5 Å². The first kappa shape index (κ1) is 13.2. The molecular weight excluding hydrogens is 255 g/mol. The number of nitrogens with zero attached hydrogens (tertiary/aromatic N) is 1. The number of rotatable bonds is 3. The van der Waals surface area contributed by atoms with Gasteiger partial charge in [-0.15, -0.1) is 0 Å². The SMILES string of the molecule is CC(Nc1nc(N)c(F)cc1F)c1ccc(F)cc1. The van der Waals surface area contributed by atoms with E-state index in [1.807, 2.05) is 0 Å². The lowest BCUT2D eigenvalue weighted by Crippen LogP contribution is -2.11. The zero-order valence-electron chi connectivity index (χ0n) is 10.1. The number of benzene rings is 1. The molecule has 0 saturated carbocycles. The number of nitrogen functional groups attached to an aromatic ring is 1. The number of nitrogens with one attached hydrogen (secondary N) is 1. The third-order valence-corrected chi connectivity index (χ3v) is 2.68. The lowest BCUT2D eigenvalue weighted by atomic mass is 10.1. The Morgan fingerprint density at radius 1 is 1.11 bits per heavy atom. The quantitative estimate of drug-likeness (QED) is 0.897. The summed E-state index contributed by atoms with van der Waals surface area (Å²) in [4.78, 5) is 3.60. The van der Waals surface area contributed by atoms with E-state index in [1.165, 1.54) is 12.1 Å². The maximum Gasteiger partial charge on any atom is 0.168 e. The van der Waals surface area contributed by atoms with Crippen LogP contribution >= 0.6 is 0 Å². The van der Waals surface area contributed by atoms with Crippen molar-refractivity contribution in [1.82, 2.24) is 4.98 Å². The molecule has 100 valence electrons. The molecule has 0 aliphatic carbocycles. The summed E-state index contributed by atoms with van der Waals surface area (Å²) in [6.07, 6.45) is 0. The Labute approximate surface area is 108 Å². The molecule has 19 heavy (non-hydrogen) atoms. The van der Waals surface area contributed by atoms with Crippen molar-refractivity contribution in [3.05, 3.63) is 53.3 Å². The van der Waals surface area contributed by atoms with Gasteiger partial charge in [-0.2, -0.15) is 0 Å². The summed E-state index contributed by atoms with van der Waals surface area (Å²) in [6, 6.07) is 6.08. The highest BCUT2D eigenvalue weighted by atomic mass is 19.1. The Morgan fingerprint density at radius 3 is 2.37 bits per heavy atom. The molecule has 0 aliphatic heterocycles. The van der Waals surface area contributed by atoms with E-state index < -0.39 is 11.6 Å². The number of pyridine rings is 1. The summed E-state index contributed by atoms with van der Waals surface area (Å²) in [7, 11) is 0. The number of aromatic nitrogens is 1. The number of halogens is 3. The second kappa shape index (κ2) is 5.17. The van der Waals surface area contributed by atoms with Crippen LogP contribution in [0.15, 0.2) is 30.3 Å². The van der Waals surface area contributed by atoms with E-state index in [0.29, 0.717) is 6.07 Å². The highest BCUT2D eigenvalue weighted by Crippen LogP contribution is 2.22. The largest absolute Gasteiger partial charge is 0.381 e. The van der Waals surface area contributed by atoms with Gasteiger partial charge in [0.1, 0.15) is 5.82 Å². The molecule has 0 bridgehead atoms. The van der Waals surface area contributed by atoms with E-state index >= 15 is 0 Å². The molecule has 0 fully saturated rings. The third-order valence-electron chi connectivity index (χ3n) is 2.68. The highest BCUT2D eigenvalue weighted by Gasteiger charge is 2.13. The number of hydrogen-bond donors (Lipinski definition) is 2. The molecule has 1 heterocycles. The fourth-order valence-electron chi connectivity index (χ4n) is 1.62. The van der Waals surface area contributed by atoms with Crippen LogP contribution < -0.4 is 11.1 Å². The third kappa shape index (κ3) is 2.96. The summed E-state index contributed by atoms with van der Waals surface area (Å²) < 4.78 is 39.2. The van der Waals surface area contributed by atoms with Crippen molar-refractivity contribution in [2.24, 2.45) is 0 Å². The second-order valence-corrected chi connectivity index (χ2v) is 4.10. The van der Waals surface area contributed by atoms with Crippen LogP contribution in [0.3, 0.4) is 0 Å². The van der Waals surface area contributed by atoms with Gasteiger partial charge in [0.15, 0.2) is 23.3 Å². The lowest BCUT2D eigenvalue weighted by Gasteiger charge is -2.15. The van der Waals surface area contributed by atoms with Crippen LogP contribution in [-0.4, -0.2) is 4.98 Å². The number of nitrogens with two attached hydrogens (primary N) is 1. The molecule has 0 radical (unpaired) electrons. The molecule has 3 nitrogen and oxygen atoms in total. The van der Waals surface area contributed by atoms with Crippen molar-refractivity contribution >= 4 is 11.6 Å². The summed E-state index contributed by atoms with van der Waals surface area (Å²) in [5.74, 6) is -2.62. The van der Waals surface area contributed by atoms with Crippen LogP contribution in [0.2, 0.25) is 0 Å². The van der Waals surface area contributed by atoms with E-state index in [9.17, 15) is 13.2 Å². The van der Waals surface area contributed by atoms with Crippen molar-refractivity contribution in [2.75, 3.05) is 11.1 Å². The van der Waals surface area contributed by atoms with Crippen molar-refractivity contribution in [3.63, 3.8) is 0 Å². The fourth-order valence-corrected chi connectivity index (χ4v) is 1.62. The van der Waals surface area contributed by atoms with Gasteiger partial charge in [0.25, 0.3) is 0 Å². The minimum absolute atomic E-state index is 0.143. The van der Waals surface area contributed by atoms with Crippen LogP contribution in [0.25, 0.3) is 0 Å². The molecule has 1 unspecified atom stereocenters. The maximum absolute atomic E-state index is 13.5. The van der Waals surface area contributed by atoms with Gasteiger partial charge >= 0.3 is 0 Å². The van der Waals surface area contributed by atoms with Gasteiger partial charge in [-0.3, -0.25) is 0 Å². The minimum Gasteiger partial charge on any atom is -0.381 e. The standard InChI is InChI=1S/C13H12F3N3/c1-7(8-2-4-9(14)5-3-8)18-13-11(16)6-10(15)12(17)19-13/h2-7H,1H3,(H3,17,18,19). The molecule has 1 atom stereocenters. The average molecular weight is 267 g/mol. The summed E-state index contributed by atoms with van der Waals surface area (Å²) in [6.45, 7) is 1.74. The maximum atomic E-state index is 13.5. The summed E-state index contributed by atoms with van der Waals surface area (Å²) in [5.41, 5.74) is 6.02. The molecule has 6 heteroatoms.